The molecule has 103 valence electrons. The lowest BCUT2D eigenvalue weighted by Gasteiger charge is -2.38. The molecule has 3 radical (unpaired) electrons. The van der Waals surface area contributed by atoms with Gasteiger partial charge in [-0.2, -0.15) is 0 Å². The molecule has 6 nitrogen and oxygen atoms in total. The summed E-state index contributed by atoms with van der Waals surface area (Å²) in [5, 5.41) is 0. The summed E-state index contributed by atoms with van der Waals surface area (Å²) < 4.78 is 25.7. The molecule has 0 bridgehead atoms. The van der Waals surface area contributed by atoms with Gasteiger partial charge in [0, 0.05) is 27.4 Å². The first-order valence-corrected chi connectivity index (χ1v) is 5.76. The first-order valence-electron chi connectivity index (χ1n) is 5.36. The summed E-state index contributed by atoms with van der Waals surface area (Å²) in [5.74, 6) is -2.08. The van der Waals surface area contributed by atoms with E-state index in [0.29, 0.717) is 6.42 Å². The van der Waals surface area contributed by atoms with Crippen LogP contribution in [0.25, 0.3) is 0 Å². The molecule has 0 aliphatic carbocycles. The number of rotatable bonds is 9. The molecule has 0 amide bonds. The number of ether oxygens (including phenoxy) is 4. The molecule has 0 saturated heterocycles. The molecule has 0 N–H and O–H groups in total. The van der Waals surface area contributed by atoms with Crippen molar-refractivity contribution in [2.75, 3.05) is 21.3 Å². The van der Waals surface area contributed by atoms with Crippen molar-refractivity contribution in [2.45, 2.75) is 31.5 Å². The molecule has 7 heteroatoms. The fraction of sp³-hybridized carbons (Fsp3) is 0.727. The number of carbonyl (C=O) groups is 1. The Bertz CT molecular complexity index is 258. The van der Waals surface area contributed by atoms with Gasteiger partial charge in [-0.3, -0.25) is 0 Å². The van der Waals surface area contributed by atoms with Gasteiger partial charge in [0.1, 0.15) is 6.10 Å². The van der Waals surface area contributed by atoms with Crippen molar-refractivity contribution in [2.24, 2.45) is 0 Å². The molecular formula is C11H19O6Si. The number of methoxy groups -OCH3 is 3. The molecular weight excluding hydrogens is 256 g/mol. The van der Waals surface area contributed by atoms with Crippen molar-refractivity contribution in [3.8, 4) is 0 Å². The zero-order chi connectivity index (χ0) is 14.2. The van der Waals surface area contributed by atoms with E-state index in [0.717, 1.165) is 6.08 Å². The standard InChI is InChI=1S/C11H19O6Si/c1-6-8(16-9(12)7-2)10(13-3)11(14-4,15-5)17-18/h7-8,10H,2,6H2,1,3-5H3. The van der Waals surface area contributed by atoms with E-state index >= 15 is 0 Å². The average molecular weight is 275 g/mol. The molecule has 0 saturated carbocycles. The summed E-state index contributed by atoms with van der Waals surface area (Å²) in [6.45, 7) is 5.17. The van der Waals surface area contributed by atoms with Crippen LogP contribution in [-0.4, -0.2) is 56.0 Å². The van der Waals surface area contributed by atoms with Crippen LogP contribution in [0.5, 0.6) is 0 Å². The normalized spacial score (nSPS) is 14.9. The quantitative estimate of drug-likeness (QED) is 0.265. The zero-order valence-corrected chi connectivity index (χ0v) is 12.1. The minimum atomic E-state index is -1.52. The van der Waals surface area contributed by atoms with E-state index in [4.69, 9.17) is 23.4 Å². The minimum Gasteiger partial charge on any atom is -0.456 e. The summed E-state index contributed by atoms with van der Waals surface area (Å²) in [5.41, 5.74) is 0. The van der Waals surface area contributed by atoms with Gasteiger partial charge in [0.25, 0.3) is 10.5 Å². The third-order valence-corrected chi connectivity index (χ3v) is 2.77. The highest BCUT2D eigenvalue weighted by atomic mass is 28.2. The van der Waals surface area contributed by atoms with Crippen LogP contribution in [-0.2, 0) is 28.2 Å². The Morgan fingerprint density at radius 3 is 2.22 bits per heavy atom. The summed E-state index contributed by atoms with van der Waals surface area (Å²) in [4.78, 5) is 11.3. The Morgan fingerprint density at radius 2 is 1.94 bits per heavy atom. The van der Waals surface area contributed by atoms with Crippen molar-refractivity contribution in [3.63, 3.8) is 0 Å². The first-order chi connectivity index (χ1) is 8.54. The third kappa shape index (κ3) is 3.89. The van der Waals surface area contributed by atoms with Gasteiger partial charge >= 0.3 is 11.9 Å². The fourth-order valence-corrected chi connectivity index (χ4v) is 1.82. The molecule has 0 aliphatic rings. The first kappa shape index (κ1) is 17.3. The maximum Gasteiger partial charge on any atom is 0.330 e. The van der Waals surface area contributed by atoms with Crippen LogP contribution >= 0.6 is 0 Å². The highest BCUT2D eigenvalue weighted by Gasteiger charge is 2.46. The maximum atomic E-state index is 11.3. The highest BCUT2D eigenvalue weighted by Crippen LogP contribution is 2.25. The molecule has 2 unspecified atom stereocenters. The second-order valence-electron chi connectivity index (χ2n) is 3.36. The van der Waals surface area contributed by atoms with Crippen molar-refractivity contribution in [1.29, 1.82) is 0 Å². The van der Waals surface area contributed by atoms with E-state index in [1.807, 2.05) is 6.92 Å². The molecule has 0 aliphatic heterocycles. The van der Waals surface area contributed by atoms with Crippen LogP contribution in [0.3, 0.4) is 0 Å². The Morgan fingerprint density at radius 1 is 1.39 bits per heavy atom. The van der Waals surface area contributed by atoms with Gasteiger partial charge in [0.05, 0.1) is 0 Å². The molecule has 0 fully saturated rings. The lowest BCUT2D eigenvalue weighted by atomic mass is 10.1. The maximum absolute atomic E-state index is 11.3. The lowest BCUT2D eigenvalue weighted by Crippen LogP contribution is -2.55. The van der Waals surface area contributed by atoms with Gasteiger partial charge in [-0.25, -0.2) is 4.79 Å². The minimum absolute atomic E-state index is 0.488. The molecule has 2 atom stereocenters. The van der Waals surface area contributed by atoms with Crippen molar-refractivity contribution < 1.29 is 28.2 Å². The van der Waals surface area contributed by atoms with Crippen molar-refractivity contribution >= 4 is 16.5 Å². The van der Waals surface area contributed by atoms with E-state index in [9.17, 15) is 4.79 Å². The lowest BCUT2D eigenvalue weighted by molar-refractivity contribution is -0.376. The smallest absolute Gasteiger partial charge is 0.330 e. The van der Waals surface area contributed by atoms with Gasteiger partial charge in [-0.1, -0.05) is 13.5 Å². The van der Waals surface area contributed by atoms with Crippen LogP contribution < -0.4 is 0 Å². The topological polar surface area (TPSA) is 63.2 Å². The van der Waals surface area contributed by atoms with E-state index in [-0.39, 0.29) is 0 Å². The largest absolute Gasteiger partial charge is 0.456 e. The van der Waals surface area contributed by atoms with Gasteiger partial charge < -0.3 is 23.4 Å². The summed E-state index contributed by atoms with van der Waals surface area (Å²) >= 11 is 0. The zero-order valence-electron chi connectivity index (χ0n) is 11.1. The molecule has 0 aromatic heterocycles. The van der Waals surface area contributed by atoms with Crippen LogP contribution in [0.4, 0.5) is 0 Å². The molecule has 0 aromatic rings. The molecule has 18 heavy (non-hydrogen) atoms. The number of esters is 1. The number of hydrogen-bond donors (Lipinski definition) is 0. The number of hydrogen-bond acceptors (Lipinski definition) is 6. The second kappa shape index (κ2) is 8.38. The monoisotopic (exact) mass is 275 g/mol. The molecule has 0 heterocycles. The summed E-state index contributed by atoms with van der Waals surface area (Å²) in [7, 11) is 7.09. The van der Waals surface area contributed by atoms with Gasteiger partial charge in [-0.05, 0) is 6.42 Å². The van der Waals surface area contributed by atoms with E-state index < -0.39 is 24.2 Å². The Hall–Kier alpha value is -0.733. The van der Waals surface area contributed by atoms with E-state index in [1.54, 1.807) is 0 Å². The van der Waals surface area contributed by atoms with Crippen LogP contribution in [0.1, 0.15) is 13.3 Å². The Labute approximate surface area is 111 Å². The van der Waals surface area contributed by atoms with E-state index in [2.05, 4.69) is 17.1 Å². The Kier molecular flexibility index (Phi) is 8.04. The Balaban J connectivity index is 5.10. The SMILES string of the molecule is C=CC(=O)OC(CC)C(OC)C(OC)(OC)O[Si]. The number of carbonyl (C=O) groups excluding carboxylic acids is 1. The fourth-order valence-electron chi connectivity index (χ4n) is 1.54. The van der Waals surface area contributed by atoms with Gasteiger partial charge in [0.2, 0.25) is 0 Å². The molecule has 0 aromatic carbocycles. The molecule has 0 spiro atoms. The van der Waals surface area contributed by atoms with Gasteiger partial charge in [0.15, 0.2) is 6.10 Å². The predicted octanol–water partition coefficient (Wildman–Crippen LogP) is 0.556. The van der Waals surface area contributed by atoms with E-state index in [1.165, 1.54) is 21.3 Å². The summed E-state index contributed by atoms with van der Waals surface area (Å²) in [6, 6.07) is 0. The summed E-state index contributed by atoms with van der Waals surface area (Å²) in [6.07, 6.45) is 0.170. The van der Waals surface area contributed by atoms with Crippen molar-refractivity contribution in [3.05, 3.63) is 12.7 Å². The third-order valence-electron chi connectivity index (χ3n) is 2.49. The molecule has 0 rings (SSSR count). The average Bonchev–Trinajstić information content (AvgIpc) is 2.42. The van der Waals surface area contributed by atoms with Crippen molar-refractivity contribution in [1.82, 2.24) is 0 Å². The van der Waals surface area contributed by atoms with Crippen LogP contribution in [0.15, 0.2) is 12.7 Å². The second-order valence-corrected chi connectivity index (χ2v) is 3.56. The van der Waals surface area contributed by atoms with Crippen LogP contribution in [0, 0.1) is 0 Å². The predicted molar refractivity (Wildman–Crippen MR) is 64.8 cm³/mol. The van der Waals surface area contributed by atoms with Gasteiger partial charge in [-0.15, -0.1) is 0 Å². The highest BCUT2D eigenvalue weighted by molar-refractivity contribution is 5.98. The van der Waals surface area contributed by atoms with Crippen LogP contribution in [0.2, 0.25) is 0 Å².